The first-order chi connectivity index (χ1) is 26.5. The monoisotopic (exact) mass is 685 g/mol. The minimum atomic E-state index is -0.448. The van der Waals surface area contributed by atoms with E-state index in [1.54, 1.807) is 0 Å². The van der Waals surface area contributed by atoms with Gasteiger partial charge in [-0.1, -0.05) is 150 Å². The second-order valence-corrected chi connectivity index (χ2v) is 16.2. The Hall–Kier alpha value is -6.44. The van der Waals surface area contributed by atoms with Crippen LogP contribution in [0, 0.1) is 20.8 Å². The Morgan fingerprint density at radius 2 is 0.741 bits per heavy atom. The summed E-state index contributed by atoms with van der Waals surface area (Å²) in [6, 6.07) is 60.8. The maximum Gasteiger partial charge on any atom is 0.0726 e. The Bertz CT molecular complexity index is 3040. The van der Waals surface area contributed by atoms with Gasteiger partial charge >= 0.3 is 0 Å². The summed E-state index contributed by atoms with van der Waals surface area (Å²) in [5.41, 5.74) is 26.5. The normalized spacial score (nSPS) is 15.2. The molecule has 1 nitrogen and oxygen atoms in total. The zero-order valence-corrected chi connectivity index (χ0v) is 30.5. The van der Waals surface area contributed by atoms with Crippen LogP contribution in [0.25, 0.3) is 60.9 Å². The molecule has 0 radical (unpaired) electrons. The van der Waals surface area contributed by atoms with Gasteiger partial charge in [0.1, 0.15) is 0 Å². The van der Waals surface area contributed by atoms with Crippen molar-refractivity contribution in [3.05, 3.63) is 219 Å². The van der Waals surface area contributed by atoms with E-state index in [1.807, 2.05) is 0 Å². The fourth-order valence-corrected chi connectivity index (χ4v) is 11.7. The van der Waals surface area contributed by atoms with Crippen LogP contribution in [0.2, 0.25) is 0 Å². The molecule has 0 saturated heterocycles. The maximum absolute atomic E-state index is 2.55. The fourth-order valence-electron chi connectivity index (χ4n) is 11.7. The molecule has 0 saturated carbocycles. The largest absolute Gasteiger partial charge is 0.309 e. The molecule has 0 amide bonds. The zero-order chi connectivity index (χ0) is 35.7. The van der Waals surface area contributed by atoms with E-state index in [0.717, 1.165) is 0 Å². The lowest BCUT2D eigenvalue weighted by molar-refractivity contribution is 0.752. The van der Waals surface area contributed by atoms with Crippen molar-refractivity contribution in [2.24, 2.45) is 0 Å². The number of aromatic nitrogens is 1. The molecule has 9 aromatic rings. The molecule has 1 heterocycles. The second-order valence-electron chi connectivity index (χ2n) is 16.2. The summed E-state index contributed by atoms with van der Waals surface area (Å²) in [5, 5.41) is 2.58. The SMILES string of the molecule is Cc1ccc2c(c1)C1(c3cc(-n4c5ccccc5c5ccccc54)ccc3-2)c2cc(C)cc3c2-c2c(cc(C)cc21)C31c2ccccc2-c2ccccc21. The molecule has 1 heteroatoms. The smallest absolute Gasteiger partial charge is 0.0726 e. The Balaban J connectivity index is 1.19. The van der Waals surface area contributed by atoms with Crippen molar-refractivity contribution in [1.82, 2.24) is 4.57 Å². The van der Waals surface area contributed by atoms with Gasteiger partial charge in [0.2, 0.25) is 0 Å². The van der Waals surface area contributed by atoms with Gasteiger partial charge in [-0.25, -0.2) is 0 Å². The highest BCUT2D eigenvalue weighted by Gasteiger charge is 2.60. The van der Waals surface area contributed by atoms with Crippen LogP contribution in [0.1, 0.15) is 61.2 Å². The third kappa shape index (κ3) is 3.07. The van der Waals surface area contributed by atoms with Crippen LogP contribution >= 0.6 is 0 Å². The van der Waals surface area contributed by atoms with E-state index in [-0.39, 0.29) is 5.41 Å². The molecular formula is C53H35N. The molecule has 8 aromatic carbocycles. The molecule has 54 heavy (non-hydrogen) atoms. The maximum atomic E-state index is 2.55. The van der Waals surface area contributed by atoms with Gasteiger partial charge in [-0.05, 0) is 123 Å². The predicted octanol–water partition coefficient (Wildman–Crippen LogP) is 12.7. The van der Waals surface area contributed by atoms with E-state index in [9.17, 15) is 0 Å². The molecule has 2 spiro atoms. The quantitative estimate of drug-likeness (QED) is 0.162. The van der Waals surface area contributed by atoms with Gasteiger partial charge in [0.25, 0.3) is 0 Å². The average molecular weight is 686 g/mol. The Morgan fingerprint density at radius 1 is 0.333 bits per heavy atom. The molecule has 0 unspecified atom stereocenters. The van der Waals surface area contributed by atoms with Crippen LogP contribution in [-0.4, -0.2) is 4.57 Å². The number of para-hydroxylation sites is 2. The molecule has 13 rings (SSSR count). The van der Waals surface area contributed by atoms with Gasteiger partial charge < -0.3 is 4.57 Å². The highest BCUT2D eigenvalue weighted by Crippen LogP contribution is 2.72. The van der Waals surface area contributed by atoms with Gasteiger partial charge in [0.05, 0.1) is 21.9 Å². The predicted molar refractivity (Wildman–Crippen MR) is 222 cm³/mol. The molecule has 252 valence electrons. The standard InChI is InChI=1S/C53H35N/c1-30-20-22-36-37-23-21-33(54-48-18-10-6-14-38(48)39-15-7-11-19-49(39)54)29-43(37)53(42(36)24-30)46-27-31(2)25-44-50(46)51-45(26-32(3)28-47(51)53)52(44)40-16-8-4-12-34(40)35-13-5-9-17-41(35)52/h4-29H,1-3H3. The number of hydrogen-bond acceptors (Lipinski definition) is 0. The van der Waals surface area contributed by atoms with Crippen LogP contribution in [-0.2, 0) is 10.8 Å². The van der Waals surface area contributed by atoms with Gasteiger partial charge in [-0.3, -0.25) is 0 Å². The third-order valence-electron chi connectivity index (χ3n) is 13.5. The van der Waals surface area contributed by atoms with Crippen molar-refractivity contribution in [2.45, 2.75) is 31.6 Å². The number of hydrogen-bond donors (Lipinski definition) is 0. The number of aryl methyl sites for hydroxylation is 3. The first-order valence-corrected chi connectivity index (χ1v) is 19.3. The first-order valence-electron chi connectivity index (χ1n) is 19.3. The molecule has 0 N–H and O–H groups in total. The minimum Gasteiger partial charge on any atom is -0.309 e. The summed E-state index contributed by atoms with van der Waals surface area (Å²) in [4.78, 5) is 0. The van der Waals surface area contributed by atoms with Crippen molar-refractivity contribution in [2.75, 3.05) is 0 Å². The summed E-state index contributed by atoms with van der Waals surface area (Å²) in [6.45, 7) is 6.89. The highest BCUT2D eigenvalue weighted by atomic mass is 15.0. The second kappa shape index (κ2) is 9.56. The molecule has 0 fully saturated rings. The molecule has 1 aromatic heterocycles. The number of fused-ring (bicyclic) bond motifs is 17. The number of benzene rings is 8. The number of rotatable bonds is 1. The van der Waals surface area contributed by atoms with Crippen LogP contribution in [0.5, 0.6) is 0 Å². The molecule has 4 aliphatic rings. The fraction of sp³-hybridized carbons (Fsp3) is 0.0943. The van der Waals surface area contributed by atoms with Crippen molar-refractivity contribution >= 4 is 21.8 Å². The van der Waals surface area contributed by atoms with E-state index in [1.165, 1.54) is 122 Å². The van der Waals surface area contributed by atoms with Crippen molar-refractivity contribution < 1.29 is 0 Å². The average Bonchev–Trinajstić information content (AvgIpc) is 3.94. The van der Waals surface area contributed by atoms with Crippen molar-refractivity contribution in [1.29, 1.82) is 0 Å². The van der Waals surface area contributed by atoms with Gasteiger partial charge in [-0.15, -0.1) is 0 Å². The lowest BCUT2D eigenvalue weighted by Crippen LogP contribution is -2.31. The summed E-state index contributed by atoms with van der Waals surface area (Å²) in [7, 11) is 0. The topological polar surface area (TPSA) is 4.93 Å². The van der Waals surface area contributed by atoms with Crippen LogP contribution < -0.4 is 0 Å². The molecule has 0 bridgehead atoms. The van der Waals surface area contributed by atoms with Gasteiger partial charge in [0, 0.05) is 16.5 Å². The highest BCUT2D eigenvalue weighted by molar-refractivity contribution is 6.10. The van der Waals surface area contributed by atoms with E-state index < -0.39 is 5.41 Å². The van der Waals surface area contributed by atoms with E-state index in [4.69, 9.17) is 0 Å². The van der Waals surface area contributed by atoms with Crippen molar-refractivity contribution in [3.63, 3.8) is 0 Å². The molecule has 4 aliphatic carbocycles. The summed E-state index contributed by atoms with van der Waals surface area (Å²) < 4.78 is 2.49. The van der Waals surface area contributed by atoms with E-state index in [0.29, 0.717) is 0 Å². The zero-order valence-electron chi connectivity index (χ0n) is 30.5. The molecular weight excluding hydrogens is 651 g/mol. The summed E-state index contributed by atoms with van der Waals surface area (Å²) in [5.74, 6) is 0. The minimum absolute atomic E-state index is 0.358. The summed E-state index contributed by atoms with van der Waals surface area (Å²) >= 11 is 0. The van der Waals surface area contributed by atoms with E-state index in [2.05, 4.69) is 183 Å². The van der Waals surface area contributed by atoms with Crippen LogP contribution in [0.3, 0.4) is 0 Å². The third-order valence-corrected chi connectivity index (χ3v) is 13.5. The Kier molecular flexibility index (Phi) is 5.14. The van der Waals surface area contributed by atoms with Crippen LogP contribution in [0.4, 0.5) is 0 Å². The van der Waals surface area contributed by atoms with Gasteiger partial charge in [0.15, 0.2) is 0 Å². The Labute approximate surface area is 314 Å². The first kappa shape index (κ1) is 29.1. The van der Waals surface area contributed by atoms with Gasteiger partial charge in [-0.2, -0.15) is 0 Å². The van der Waals surface area contributed by atoms with Crippen LogP contribution in [0.15, 0.2) is 158 Å². The molecule has 0 aliphatic heterocycles. The molecule has 0 atom stereocenters. The number of nitrogens with zero attached hydrogens (tertiary/aromatic N) is 1. The lowest BCUT2D eigenvalue weighted by atomic mass is 9.64. The summed E-state index contributed by atoms with van der Waals surface area (Å²) in [6.07, 6.45) is 0. The van der Waals surface area contributed by atoms with E-state index >= 15 is 0 Å². The Morgan fingerprint density at radius 3 is 1.30 bits per heavy atom. The lowest BCUT2D eigenvalue weighted by Gasteiger charge is -2.36. The van der Waals surface area contributed by atoms with Crippen molar-refractivity contribution in [3.8, 4) is 39.1 Å².